The number of halogens is 1. The number of amides is 1. The molecule has 0 heterocycles. The average Bonchev–Trinajstić information content (AvgIpc) is 2.56. The van der Waals surface area contributed by atoms with E-state index in [1.54, 1.807) is 25.5 Å². The van der Waals surface area contributed by atoms with Crippen LogP contribution in [0.5, 0.6) is 11.5 Å². The van der Waals surface area contributed by atoms with Gasteiger partial charge in [-0.15, -0.1) is 0 Å². The minimum Gasteiger partial charge on any atom is -0.497 e. The lowest BCUT2D eigenvalue weighted by Gasteiger charge is -2.09. The average molecular weight is 377 g/mol. The molecule has 0 aromatic heterocycles. The van der Waals surface area contributed by atoms with Crippen LogP contribution in [-0.4, -0.2) is 25.8 Å². The molecule has 6 heteroatoms. The predicted octanol–water partition coefficient (Wildman–Crippen LogP) is 3.62. The predicted molar refractivity (Wildman–Crippen MR) is 93.4 cm³/mol. The van der Waals surface area contributed by atoms with Crippen LogP contribution in [0.4, 0.5) is 0 Å². The number of rotatable bonds is 6. The zero-order chi connectivity index (χ0) is 16.7. The van der Waals surface area contributed by atoms with Crippen LogP contribution in [0.1, 0.15) is 22.8 Å². The third-order valence-corrected chi connectivity index (χ3v) is 3.45. The van der Waals surface area contributed by atoms with E-state index < -0.39 is 0 Å². The van der Waals surface area contributed by atoms with Crippen LogP contribution in [0.25, 0.3) is 0 Å². The fourth-order valence-corrected chi connectivity index (χ4v) is 2.27. The van der Waals surface area contributed by atoms with E-state index in [1.165, 1.54) is 0 Å². The van der Waals surface area contributed by atoms with Crippen molar-refractivity contribution in [3.63, 3.8) is 0 Å². The zero-order valence-electron chi connectivity index (χ0n) is 12.9. The fraction of sp³-hybridized carbons (Fsp3) is 0.176. The van der Waals surface area contributed by atoms with Gasteiger partial charge >= 0.3 is 0 Å². The molecule has 0 spiro atoms. The van der Waals surface area contributed by atoms with Crippen LogP contribution in [0.15, 0.2) is 52.0 Å². The van der Waals surface area contributed by atoms with E-state index in [4.69, 9.17) is 9.47 Å². The lowest BCUT2D eigenvalue weighted by Crippen LogP contribution is -2.18. The molecule has 0 unspecified atom stereocenters. The number of hydrogen-bond acceptors (Lipinski definition) is 4. The van der Waals surface area contributed by atoms with Gasteiger partial charge < -0.3 is 9.47 Å². The van der Waals surface area contributed by atoms with Crippen LogP contribution in [0, 0.1) is 0 Å². The molecule has 1 amide bonds. The normalized spacial score (nSPS) is 10.6. The van der Waals surface area contributed by atoms with Crippen LogP contribution < -0.4 is 14.9 Å². The lowest BCUT2D eigenvalue weighted by atomic mass is 10.2. The SMILES string of the molecule is CCOc1ccc(Br)cc1C(=O)NN=Cc1cccc(OC)c1. The topological polar surface area (TPSA) is 59.9 Å². The second-order valence-electron chi connectivity index (χ2n) is 4.55. The molecule has 23 heavy (non-hydrogen) atoms. The maximum atomic E-state index is 12.3. The minimum absolute atomic E-state index is 0.339. The Morgan fingerprint density at radius 2 is 2.13 bits per heavy atom. The molecule has 0 saturated carbocycles. The van der Waals surface area contributed by atoms with Gasteiger partial charge in [0.15, 0.2) is 0 Å². The van der Waals surface area contributed by atoms with Gasteiger partial charge in [0.05, 0.1) is 25.5 Å². The lowest BCUT2D eigenvalue weighted by molar-refractivity contribution is 0.0951. The van der Waals surface area contributed by atoms with Crippen molar-refractivity contribution in [1.29, 1.82) is 0 Å². The van der Waals surface area contributed by atoms with Gasteiger partial charge in [-0.05, 0) is 42.8 Å². The first-order valence-corrected chi connectivity index (χ1v) is 7.83. The maximum absolute atomic E-state index is 12.3. The van der Waals surface area contributed by atoms with E-state index in [0.717, 1.165) is 15.8 Å². The summed E-state index contributed by atoms with van der Waals surface area (Å²) in [5.41, 5.74) is 3.74. The number of benzene rings is 2. The molecule has 120 valence electrons. The van der Waals surface area contributed by atoms with Crippen molar-refractivity contribution in [2.45, 2.75) is 6.92 Å². The number of nitrogens with one attached hydrogen (secondary N) is 1. The molecule has 0 bridgehead atoms. The second kappa shape index (κ2) is 8.33. The Balaban J connectivity index is 2.09. The summed E-state index contributed by atoms with van der Waals surface area (Å²) in [5.74, 6) is 0.907. The largest absolute Gasteiger partial charge is 0.497 e. The smallest absolute Gasteiger partial charge is 0.275 e. The molecule has 1 N–H and O–H groups in total. The third kappa shape index (κ3) is 4.82. The van der Waals surface area contributed by atoms with E-state index in [-0.39, 0.29) is 5.91 Å². The van der Waals surface area contributed by atoms with Crippen molar-refractivity contribution in [3.05, 3.63) is 58.1 Å². The Morgan fingerprint density at radius 3 is 2.87 bits per heavy atom. The van der Waals surface area contributed by atoms with E-state index in [1.807, 2.05) is 37.3 Å². The Morgan fingerprint density at radius 1 is 1.30 bits per heavy atom. The molecule has 0 aliphatic carbocycles. The standard InChI is InChI=1S/C17H17BrN2O3/c1-3-23-16-8-7-13(18)10-15(16)17(21)20-19-11-12-5-4-6-14(9-12)22-2/h4-11H,3H2,1-2H3,(H,20,21). The summed E-state index contributed by atoms with van der Waals surface area (Å²) < 4.78 is 11.4. The van der Waals surface area contributed by atoms with Crippen LogP contribution >= 0.6 is 15.9 Å². The highest BCUT2D eigenvalue weighted by atomic mass is 79.9. The molecule has 0 atom stereocenters. The first-order valence-electron chi connectivity index (χ1n) is 7.04. The maximum Gasteiger partial charge on any atom is 0.275 e. The van der Waals surface area contributed by atoms with Crippen LogP contribution in [0.2, 0.25) is 0 Å². The molecule has 0 fully saturated rings. The summed E-state index contributed by atoms with van der Waals surface area (Å²) >= 11 is 3.35. The highest BCUT2D eigenvalue weighted by molar-refractivity contribution is 9.10. The summed E-state index contributed by atoms with van der Waals surface area (Å²) in [4.78, 5) is 12.3. The Labute approximate surface area is 143 Å². The number of hydrazone groups is 1. The molecule has 2 aromatic rings. The Bertz CT molecular complexity index is 717. The number of nitrogens with zero attached hydrogens (tertiary/aromatic N) is 1. The van der Waals surface area contributed by atoms with Gasteiger partial charge in [-0.2, -0.15) is 5.10 Å². The molecule has 0 aliphatic rings. The summed E-state index contributed by atoms with van der Waals surface area (Å²) in [6.07, 6.45) is 1.55. The molecule has 2 rings (SSSR count). The van der Waals surface area contributed by atoms with E-state index in [2.05, 4.69) is 26.5 Å². The van der Waals surface area contributed by atoms with Crippen LogP contribution in [-0.2, 0) is 0 Å². The molecule has 0 radical (unpaired) electrons. The van der Waals surface area contributed by atoms with Gasteiger partial charge in [0.2, 0.25) is 0 Å². The highest BCUT2D eigenvalue weighted by Crippen LogP contribution is 2.23. The van der Waals surface area contributed by atoms with Crippen molar-refractivity contribution < 1.29 is 14.3 Å². The molecule has 5 nitrogen and oxygen atoms in total. The number of carbonyl (C=O) groups excluding carboxylic acids is 1. The molecular weight excluding hydrogens is 360 g/mol. The van der Waals surface area contributed by atoms with E-state index in [9.17, 15) is 4.79 Å². The summed E-state index contributed by atoms with van der Waals surface area (Å²) in [6.45, 7) is 2.35. The molecule has 0 saturated heterocycles. The molecule has 0 aliphatic heterocycles. The number of carbonyl (C=O) groups is 1. The summed E-state index contributed by atoms with van der Waals surface area (Å²) in [7, 11) is 1.60. The van der Waals surface area contributed by atoms with Gasteiger partial charge in [0.1, 0.15) is 11.5 Å². The van der Waals surface area contributed by atoms with Gasteiger partial charge in [-0.3, -0.25) is 4.79 Å². The van der Waals surface area contributed by atoms with E-state index in [0.29, 0.717) is 17.9 Å². The summed E-state index contributed by atoms with van der Waals surface area (Å²) in [5, 5.41) is 3.97. The van der Waals surface area contributed by atoms with Crippen molar-refractivity contribution in [1.82, 2.24) is 5.43 Å². The van der Waals surface area contributed by atoms with Gasteiger partial charge in [-0.1, -0.05) is 28.1 Å². The van der Waals surface area contributed by atoms with Gasteiger partial charge in [0, 0.05) is 4.47 Å². The highest BCUT2D eigenvalue weighted by Gasteiger charge is 2.12. The minimum atomic E-state index is -0.339. The van der Waals surface area contributed by atoms with Crippen molar-refractivity contribution >= 4 is 28.1 Å². The second-order valence-corrected chi connectivity index (χ2v) is 5.46. The number of ether oxygens (including phenoxy) is 2. The molecular formula is C17H17BrN2O3. The fourth-order valence-electron chi connectivity index (χ4n) is 1.91. The Kier molecular flexibility index (Phi) is 6.17. The Hall–Kier alpha value is -2.34. The summed E-state index contributed by atoms with van der Waals surface area (Å²) in [6, 6.07) is 12.6. The van der Waals surface area contributed by atoms with Crippen molar-refractivity contribution in [2.75, 3.05) is 13.7 Å². The monoisotopic (exact) mass is 376 g/mol. The third-order valence-electron chi connectivity index (χ3n) is 2.96. The zero-order valence-corrected chi connectivity index (χ0v) is 14.5. The van der Waals surface area contributed by atoms with Crippen LogP contribution in [0.3, 0.4) is 0 Å². The number of hydrogen-bond donors (Lipinski definition) is 1. The number of methoxy groups -OCH3 is 1. The van der Waals surface area contributed by atoms with E-state index >= 15 is 0 Å². The first-order chi connectivity index (χ1) is 11.1. The quantitative estimate of drug-likeness (QED) is 0.618. The van der Waals surface area contributed by atoms with Crippen molar-refractivity contribution in [3.8, 4) is 11.5 Å². The van der Waals surface area contributed by atoms with Gasteiger partial charge in [0.25, 0.3) is 5.91 Å². The first kappa shape index (κ1) is 17.0. The molecule has 2 aromatic carbocycles. The van der Waals surface area contributed by atoms with Crippen molar-refractivity contribution in [2.24, 2.45) is 5.10 Å². The van der Waals surface area contributed by atoms with Gasteiger partial charge in [-0.25, -0.2) is 5.43 Å².